The number of piperidine rings is 1. The first kappa shape index (κ1) is 15.0. The largest absolute Gasteiger partial charge is 0.417 e. The highest BCUT2D eigenvalue weighted by atomic mass is 28.4. The lowest BCUT2D eigenvalue weighted by Crippen LogP contribution is -2.63. The summed E-state index contributed by atoms with van der Waals surface area (Å²) in [4.78, 5) is 0. The second-order valence-corrected chi connectivity index (χ2v) is 10.3. The van der Waals surface area contributed by atoms with Crippen LogP contribution in [0, 0.1) is 0 Å². The van der Waals surface area contributed by atoms with E-state index in [9.17, 15) is 13.2 Å². The average molecular weight is 269 g/mol. The summed E-state index contributed by atoms with van der Waals surface area (Å²) in [5.41, 5.74) is -2.06. The monoisotopic (exact) mass is 269 g/mol. The minimum atomic E-state index is -4.33. The van der Waals surface area contributed by atoms with Crippen molar-refractivity contribution in [2.45, 2.75) is 63.6 Å². The second kappa shape index (κ2) is 4.89. The molecule has 2 atom stereocenters. The van der Waals surface area contributed by atoms with Gasteiger partial charge in [0, 0.05) is 6.04 Å². The minimum absolute atomic E-state index is 0.528. The van der Waals surface area contributed by atoms with Gasteiger partial charge in [-0.2, -0.15) is 13.2 Å². The third-order valence-electron chi connectivity index (χ3n) is 3.06. The normalized spacial score (nSPS) is 26.6. The highest BCUT2D eigenvalue weighted by Crippen LogP contribution is 2.40. The molecule has 17 heavy (non-hydrogen) atoms. The number of nitrogens with one attached hydrogen (secondary N) is 1. The van der Waals surface area contributed by atoms with Crippen LogP contribution in [0.4, 0.5) is 13.2 Å². The lowest BCUT2D eigenvalue weighted by molar-refractivity contribution is -0.256. The second-order valence-electron chi connectivity index (χ2n) is 5.82. The molecule has 6 heteroatoms. The molecule has 0 aliphatic carbocycles. The Bertz CT molecular complexity index is 258. The number of rotatable bonds is 3. The molecular formula is C11H22F3NOSi. The summed E-state index contributed by atoms with van der Waals surface area (Å²) in [5, 5.41) is 2.97. The van der Waals surface area contributed by atoms with Crippen LogP contribution in [0.5, 0.6) is 0 Å². The van der Waals surface area contributed by atoms with E-state index in [2.05, 4.69) is 5.32 Å². The summed E-state index contributed by atoms with van der Waals surface area (Å²) in [7, 11) is -2.25. The van der Waals surface area contributed by atoms with Crippen LogP contribution in [-0.2, 0) is 4.43 Å². The lowest BCUT2D eigenvalue weighted by atomic mass is 9.89. The number of hydrogen-bond acceptors (Lipinski definition) is 2. The van der Waals surface area contributed by atoms with E-state index >= 15 is 0 Å². The Labute approximate surface area is 102 Å². The fraction of sp³-hybridized carbons (Fsp3) is 1.00. The van der Waals surface area contributed by atoms with Crippen molar-refractivity contribution < 1.29 is 17.6 Å². The summed E-state index contributed by atoms with van der Waals surface area (Å²) in [5.74, 6) is 0. The quantitative estimate of drug-likeness (QED) is 0.794. The van der Waals surface area contributed by atoms with Gasteiger partial charge in [-0.25, -0.2) is 0 Å². The van der Waals surface area contributed by atoms with E-state index in [0.717, 1.165) is 12.8 Å². The molecule has 2 unspecified atom stereocenters. The molecule has 0 aromatic carbocycles. The van der Waals surface area contributed by atoms with E-state index in [4.69, 9.17) is 4.43 Å². The van der Waals surface area contributed by atoms with E-state index in [1.165, 1.54) is 6.92 Å². The maximum absolute atomic E-state index is 13.3. The van der Waals surface area contributed by atoms with E-state index in [-0.39, 0.29) is 0 Å². The zero-order valence-electron chi connectivity index (χ0n) is 10.9. The van der Waals surface area contributed by atoms with Crippen molar-refractivity contribution in [2.24, 2.45) is 0 Å². The zero-order chi connectivity index (χ0) is 13.3. The van der Waals surface area contributed by atoms with Crippen LogP contribution in [0.25, 0.3) is 0 Å². The maximum atomic E-state index is 13.3. The van der Waals surface area contributed by atoms with Gasteiger partial charge in [0.25, 0.3) is 0 Å². The van der Waals surface area contributed by atoms with Crippen LogP contribution in [0.1, 0.15) is 26.2 Å². The van der Waals surface area contributed by atoms with Crippen molar-refractivity contribution in [3.8, 4) is 0 Å². The zero-order valence-corrected chi connectivity index (χ0v) is 11.9. The van der Waals surface area contributed by atoms with Crippen molar-refractivity contribution in [1.29, 1.82) is 0 Å². The molecule has 1 heterocycles. The molecule has 0 aromatic rings. The highest BCUT2D eigenvalue weighted by molar-refractivity contribution is 6.69. The molecule has 1 aliphatic heterocycles. The Morgan fingerprint density at radius 3 is 2.12 bits per heavy atom. The Kier molecular flexibility index (Phi) is 4.31. The molecule has 1 N–H and O–H groups in total. The molecule has 2 nitrogen and oxygen atoms in total. The summed E-state index contributed by atoms with van der Waals surface area (Å²) in [6, 6.07) is -0.622. The van der Waals surface area contributed by atoms with E-state index < -0.39 is 26.1 Å². The first-order chi connectivity index (χ1) is 7.56. The molecule has 0 aromatic heterocycles. The van der Waals surface area contributed by atoms with Crippen LogP contribution in [0.2, 0.25) is 19.6 Å². The maximum Gasteiger partial charge on any atom is 0.417 e. The smallest absolute Gasteiger partial charge is 0.403 e. The Morgan fingerprint density at radius 2 is 1.76 bits per heavy atom. The van der Waals surface area contributed by atoms with E-state index in [0.29, 0.717) is 13.0 Å². The lowest BCUT2D eigenvalue weighted by Gasteiger charge is -2.44. The molecular weight excluding hydrogens is 247 g/mol. The van der Waals surface area contributed by atoms with Gasteiger partial charge in [-0.3, -0.25) is 0 Å². The van der Waals surface area contributed by atoms with Crippen molar-refractivity contribution in [2.75, 3.05) is 6.54 Å². The predicted octanol–water partition coefficient (Wildman–Crippen LogP) is 3.30. The Morgan fingerprint density at radius 1 is 1.18 bits per heavy atom. The SMILES string of the molecule is CC(O[Si](C)(C)C)(C1CCCCN1)C(F)(F)F. The van der Waals surface area contributed by atoms with Crippen LogP contribution in [0.3, 0.4) is 0 Å². The van der Waals surface area contributed by atoms with E-state index in [1.54, 1.807) is 19.6 Å². The summed E-state index contributed by atoms with van der Waals surface area (Å²) >= 11 is 0. The van der Waals surface area contributed by atoms with Gasteiger partial charge in [0.05, 0.1) is 0 Å². The highest BCUT2D eigenvalue weighted by Gasteiger charge is 2.58. The first-order valence-electron chi connectivity index (χ1n) is 6.06. The third-order valence-corrected chi connectivity index (χ3v) is 4.09. The van der Waals surface area contributed by atoms with Gasteiger partial charge in [-0.05, 0) is 46.0 Å². The van der Waals surface area contributed by atoms with Crippen LogP contribution in [0.15, 0.2) is 0 Å². The van der Waals surface area contributed by atoms with Crippen molar-refractivity contribution >= 4 is 8.32 Å². The van der Waals surface area contributed by atoms with Gasteiger partial charge in [-0.1, -0.05) is 6.42 Å². The molecule has 0 amide bonds. The van der Waals surface area contributed by atoms with Gasteiger partial charge in [0.2, 0.25) is 0 Å². The van der Waals surface area contributed by atoms with Gasteiger partial charge < -0.3 is 9.74 Å². The van der Waals surface area contributed by atoms with Gasteiger partial charge in [-0.15, -0.1) is 0 Å². The summed E-state index contributed by atoms with van der Waals surface area (Å²) < 4.78 is 45.3. The molecule has 0 spiro atoms. The first-order valence-corrected chi connectivity index (χ1v) is 9.47. The van der Waals surface area contributed by atoms with Crippen LogP contribution >= 0.6 is 0 Å². The van der Waals surface area contributed by atoms with Crippen molar-refractivity contribution in [3.05, 3.63) is 0 Å². The predicted molar refractivity (Wildman–Crippen MR) is 64.5 cm³/mol. The molecule has 1 aliphatic rings. The minimum Gasteiger partial charge on any atom is -0.403 e. The fourth-order valence-electron chi connectivity index (χ4n) is 2.28. The standard InChI is InChI=1S/C11H22F3NOSi/c1-10(11(12,13)14,16-17(2,3)4)9-7-5-6-8-15-9/h9,15H,5-8H2,1-4H3. The van der Waals surface area contributed by atoms with Crippen molar-refractivity contribution in [1.82, 2.24) is 5.32 Å². The summed E-state index contributed by atoms with van der Waals surface area (Å²) in [6.45, 7) is 7.21. The molecule has 102 valence electrons. The number of hydrogen-bond donors (Lipinski definition) is 1. The van der Waals surface area contributed by atoms with E-state index in [1.807, 2.05) is 0 Å². The third kappa shape index (κ3) is 3.69. The molecule has 0 bridgehead atoms. The van der Waals surface area contributed by atoms with Crippen LogP contribution < -0.4 is 5.32 Å². The summed E-state index contributed by atoms with van der Waals surface area (Å²) in [6.07, 6.45) is -2.03. The number of halogens is 3. The molecule has 1 saturated heterocycles. The van der Waals surface area contributed by atoms with Gasteiger partial charge in [0.1, 0.15) is 0 Å². The van der Waals surface area contributed by atoms with Gasteiger partial charge in [0.15, 0.2) is 13.9 Å². The Hall–Kier alpha value is -0.0731. The molecule has 0 radical (unpaired) electrons. The fourth-order valence-corrected chi connectivity index (χ4v) is 3.81. The molecule has 1 rings (SSSR count). The van der Waals surface area contributed by atoms with Crippen molar-refractivity contribution in [3.63, 3.8) is 0 Å². The Balaban J connectivity index is 2.92. The average Bonchev–Trinajstić information content (AvgIpc) is 2.14. The molecule has 1 fully saturated rings. The topological polar surface area (TPSA) is 21.3 Å². The molecule has 0 saturated carbocycles. The number of alkyl halides is 3. The van der Waals surface area contributed by atoms with Crippen LogP contribution in [-0.4, -0.2) is 32.7 Å². The van der Waals surface area contributed by atoms with Gasteiger partial charge >= 0.3 is 6.18 Å².